The summed E-state index contributed by atoms with van der Waals surface area (Å²) in [6.45, 7) is 0. The maximum absolute atomic E-state index is 11.9. The van der Waals surface area contributed by atoms with Crippen LogP contribution in [-0.4, -0.2) is 16.5 Å². The Morgan fingerprint density at radius 1 is 1.35 bits per heavy atom. The molecular weight excluding hydrogens is 258 g/mol. The van der Waals surface area contributed by atoms with E-state index in [1.807, 2.05) is 0 Å². The monoisotopic (exact) mass is 271 g/mol. The van der Waals surface area contributed by atoms with E-state index < -0.39 is 4.92 Å². The minimum absolute atomic E-state index is 0.0354. The van der Waals surface area contributed by atoms with Gasteiger partial charge in [-0.15, -0.1) is 0 Å². The van der Waals surface area contributed by atoms with Gasteiger partial charge in [-0.1, -0.05) is 12.2 Å². The lowest BCUT2D eigenvalue weighted by atomic mass is 9.74. The number of carbonyl (C=O) groups excluding carboxylic acids is 1. The molecule has 0 aliphatic heterocycles. The average Bonchev–Trinajstić information content (AvgIpc) is 2.80. The first-order valence-electron chi connectivity index (χ1n) is 6.43. The summed E-state index contributed by atoms with van der Waals surface area (Å²) < 4.78 is 0. The van der Waals surface area contributed by atoms with Gasteiger partial charge in [0, 0.05) is 29.3 Å². The summed E-state index contributed by atoms with van der Waals surface area (Å²) in [4.78, 5) is 21.9. The van der Waals surface area contributed by atoms with E-state index >= 15 is 0 Å². The number of nitro benzene ring substituents is 1. The zero-order chi connectivity index (χ0) is 14.1. The number of non-ortho nitro benzene ring substituents is 1. The zero-order valence-electron chi connectivity index (χ0n) is 10.7. The van der Waals surface area contributed by atoms with Crippen molar-refractivity contribution < 1.29 is 9.72 Å². The van der Waals surface area contributed by atoms with E-state index in [2.05, 4.69) is 22.7 Å². The Bertz CT molecular complexity index is 619. The number of fused-ring (bicyclic) bond motifs is 1. The fraction of sp³-hybridized carbons (Fsp3) is 0.286. The molecule has 0 bridgehead atoms. The van der Waals surface area contributed by atoms with E-state index in [0.29, 0.717) is 17.4 Å². The maximum atomic E-state index is 11.9. The third kappa shape index (κ3) is 2.20. The van der Waals surface area contributed by atoms with E-state index in [1.165, 1.54) is 24.3 Å². The highest BCUT2D eigenvalue weighted by Crippen LogP contribution is 2.40. The predicted octanol–water partition coefficient (Wildman–Crippen LogP) is 2.28. The summed E-state index contributed by atoms with van der Waals surface area (Å²) >= 11 is 0. The van der Waals surface area contributed by atoms with Gasteiger partial charge >= 0.3 is 0 Å². The number of allylic oxidation sites excluding steroid dienone is 2. The molecule has 0 saturated heterocycles. The van der Waals surface area contributed by atoms with Gasteiger partial charge in [0.2, 0.25) is 0 Å². The van der Waals surface area contributed by atoms with Gasteiger partial charge in [0.25, 0.3) is 11.6 Å². The number of carbonyl (C=O) groups is 1. The molecule has 1 N–H and O–H groups in total. The Balaban J connectivity index is 1.62. The van der Waals surface area contributed by atoms with Crippen LogP contribution in [0.5, 0.6) is 0 Å². The summed E-state index contributed by atoms with van der Waals surface area (Å²) in [6, 6.07) is 5.47. The van der Waals surface area contributed by atoms with Crippen LogP contribution in [0.25, 0.3) is 0 Å². The molecule has 1 aromatic rings. The number of amides is 1. The lowest BCUT2D eigenvalue weighted by Gasteiger charge is -2.31. The van der Waals surface area contributed by atoms with Gasteiger partial charge in [-0.3, -0.25) is 14.9 Å². The van der Waals surface area contributed by atoms with E-state index in [-0.39, 0.29) is 11.6 Å². The second kappa shape index (κ2) is 4.88. The number of nitrogens with zero attached hydrogens (tertiary/aromatic N) is 2. The first-order valence-corrected chi connectivity index (χ1v) is 6.43. The van der Waals surface area contributed by atoms with Gasteiger partial charge in [-0.2, -0.15) is 5.10 Å². The van der Waals surface area contributed by atoms with Crippen molar-refractivity contribution in [2.45, 2.75) is 12.8 Å². The van der Waals surface area contributed by atoms with Crippen molar-refractivity contribution in [1.29, 1.82) is 0 Å². The number of benzene rings is 1. The number of nitro groups is 1. The van der Waals surface area contributed by atoms with E-state index in [4.69, 9.17) is 0 Å². The highest BCUT2D eigenvalue weighted by molar-refractivity contribution is 5.98. The lowest BCUT2D eigenvalue weighted by Crippen LogP contribution is -2.35. The van der Waals surface area contributed by atoms with Crippen LogP contribution in [0.1, 0.15) is 23.2 Å². The summed E-state index contributed by atoms with van der Waals surface area (Å²) in [5.74, 6) is 0.694. The molecule has 0 radical (unpaired) electrons. The zero-order valence-corrected chi connectivity index (χ0v) is 10.7. The molecule has 2 aliphatic rings. The Morgan fingerprint density at radius 2 is 2.10 bits per heavy atom. The second-order valence-electron chi connectivity index (χ2n) is 4.99. The third-order valence-corrected chi connectivity index (χ3v) is 3.80. The molecular formula is C14H13N3O3. The van der Waals surface area contributed by atoms with E-state index in [0.717, 1.165) is 18.6 Å². The average molecular weight is 271 g/mol. The minimum atomic E-state index is -0.497. The van der Waals surface area contributed by atoms with Crippen LogP contribution < -0.4 is 5.43 Å². The molecule has 0 heterocycles. The molecule has 6 heteroatoms. The fourth-order valence-electron chi connectivity index (χ4n) is 2.58. The number of nitrogens with one attached hydrogen (secondary N) is 1. The number of hydrazone groups is 1. The van der Waals surface area contributed by atoms with Gasteiger partial charge in [0.1, 0.15) is 0 Å². The Morgan fingerprint density at radius 3 is 2.75 bits per heavy atom. The van der Waals surface area contributed by atoms with Crippen molar-refractivity contribution >= 4 is 17.3 Å². The molecule has 102 valence electrons. The second-order valence-corrected chi connectivity index (χ2v) is 4.99. The van der Waals surface area contributed by atoms with Gasteiger partial charge in [0.05, 0.1) is 4.92 Å². The van der Waals surface area contributed by atoms with Gasteiger partial charge in [-0.25, -0.2) is 5.43 Å². The first-order chi connectivity index (χ1) is 9.65. The van der Waals surface area contributed by atoms with Crippen molar-refractivity contribution in [3.8, 4) is 0 Å². The van der Waals surface area contributed by atoms with Crippen LogP contribution in [0.3, 0.4) is 0 Å². The fourth-order valence-corrected chi connectivity index (χ4v) is 2.58. The predicted molar refractivity (Wildman–Crippen MR) is 73.4 cm³/mol. The molecule has 2 aliphatic carbocycles. The molecule has 3 rings (SSSR count). The summed E-state index contributed by atoms with van der Waals surface area (Å²) in [7, 11) is 0. The number of rotatable bonds is 3. The molecule has 1 fully saturated rings. The Hall–Kier alpha value is -2.50. The van der Waals surface area contributed by atoms with E-state index in [9.17, 15) is 14.9 Å². The van der Waals surface area contributed by atoms with Crippen molar-refractivity contribution in [2.75, 3.05) is 0 Å². The Labute approximate surface area is 115 Å². The smallest absolute Gasteiger partial charge is 0.267 e. The van der Waals surface area contributed by atoms with Crippen molar-refractivity contribution in [3.05, 3.63) is 52.1 Å². The third-order valence-electron chi connectivity index (χ3n) is 3.80. The van der Waals surface area contributed by atoms with Crippen molar-refractivity contribution in [1.82, 2.24) is 5.43 Å². The van der Waals surface area contributed by atoms with Gasteiger partial charge < -0.3 is 0 Å². The molecule has 6 nitrogen and oxygen atoms in total. The van der Waals surface area contributed by atoms with Crippen LogP contribution in [0.15, 0.2) is 41.5 Å². The quantitative estimate of drug-likeness (QED) is 0.520. The van der Waals surface area contributed by atoms with Gasteiger partial charge in [-0.05, 0) is 30.9 Å². The summed E-state index contributed by atoms with van der Waals surface area (Å²) in [5.41, 5.74) is 3.86. The Kier molecular flexibility index (Phi) is 3.06. The molecule has 0 unspecified atom stereocenters. The molecule has 0 spiro atoms. The maximum Gasteiger partial charge on any atom is 0.271 e. The summed E-state index contributed by atoms with van der Waals surface area (Å²) in [6.07, 6.45) is 6.25. The normalized spacial score (nSPS) is 25.1. The van der Waals surface area contributed by atoms with Crippen molar-refractivity contribution in [3.63, 3.8) is 0 Å². The topological polar surface area (TPSA) is 84.6 Å². The largest absolute Gasteiger partial charge is 0.271 e. The van der Waals surface area contributed by atoms with E-state index in [1.54, 1.807) is 0 Å². The van der Waals surface area contributed by atoms with Crippen LogP contribution in [0, 0.1) is 22.0 Å². The number of hydrogen-bond donors (Lipinski definition) is 1. The first kappa shape index (κ1) is 12.5. The van der Waals surface area contributed by atoms with Gasteiger partial charge in [0.15, 0.2) is 0 Å². The highest BCUT2D eigenvalue weighted by Gasteiger charge is 2.37. The van der Waals surface area contributed by atoms with Crippen LogP contribution in [-0.2, 0) is 0 Å². The van der Waals surface area contributed by atoms with Crippen molar-refractivity contribution in [2.24, 2.45) is 16.9 Å². The molecule has 1 amide bonds. The standard InChI is InChI=1S/C14H13N3O3/c18-14(9-4-6-11(7-5-9)17(19)20)16-15-13-8-10-2-1-3-12(10)13/h1-2,4-7,10,12H,3,8H2,(H,16,18)/b15-13+/t10-,12+/m1/s1. The van der Waals surface area contributed by atoms with Crippen LogP contribution in [0.4, 0.5) is 5.69 Å². The molecule has 2 atom stereocenters. The van der Waals surface area contributed by atoms with Crippen LogP contribution >= 0.6 is 0 Å². The molecule has 1 aromatic carbocycles. The summed E-state index contributed by atoms with van der Waals surface area (Å²) in [5, 5.41) is 14.7. The van der Waals surface area contributed by atoms with Crippen LogP contribution in [0.2, 0.25) is 0 Å². The lowest BCUT2D eigenvalue weighted by molar-refractivity contribution is -0.384. The minimum Gasteiger partial charge on any atom is -0.267 e. The molecule has 1 saturated carbocycles. The number of hydrogen-bond acceptors (Lipinski definition) is 4. The highest BCUT2D eigenvalue weighted by atomic mass is 16.6. The SMILES string of the molecule is O=C(N/N=C1\C[C@H]2C=CC[C@H]12)c1ccc([N+](=O)[O-])cc1. The molecule has 0 aromatic heterocycles. The molecule has 20 heavy (non-hydrogen) atoms.